The zero-order chi connectivity index (χ0) is 21.7. The summed E-state index contributed by atoms with van der Waals surface area (Å²) >= 11 is 1.28. The van der Waals surface area contributed by atoms with Crippen LogP contribution in [-0.4, -0.2) is 43.9 Å². The molecule has 1 N–H and O–H groups in total. The summed E-state index contributed by atoms with van der Waals surface area (Å²) in [7, 11) is -1.87. The summed E-state index contributed by atoms with van der Waals surface area (Å²) in [4.78, 5) is 12.6. The van der Waals surface area contributed by atoms with Gasteiger partial charge in [-0.2, -0.15) is 0 Å². The lowest BCUT2D eigenvalue weighted by molar-refractivity contribution is -0.122. The van der Waals surface area contributed by atoms with Crippen molar-refractivity contribution < 1.29 is 17.9 Å². The SMILES string of the molecule is CC[C@@H](Oc1ccc(N(C)S(C)(=O)=O)cc1)C(=O)Nc1nnc(-c2ccccc2)s1. The van der Waals surface area contributed by atoms with E-state index in [1.54, 1.807) is 24.3 Å². The van der Waals surface area contributed by atoms with Crippen LogP contribution in [0.1, 0.15) is 13.3 Å². The lowest BCUT2D eigenvalue weighted by Gasteiger charge is -2.19. The third kappa shape index (κ3) is 5.33. The maximum Gasteiger partial charge on any atom is 0.267 e. The van der Waals surface area contributed by atoms with Gasteiger partial charge in [0.1, 0.15) is 10.8 Å². The largest absolute Gasteiger partial charge is 0.481 e. The first-order chi connectivity index (χ1) is 14.3. The van der Waals surface area contributed by atoms with Crippen molar-refractivity contribution in [3.63, 3.8) is 0 Å². The fourth-order valence-electron chi connectivity index (χ4n) is 2.57. The van der Waals surface area contributed by atoms with E-state index in [0.717, 1.165) is 11.8 Å². The molecular weight excluding hydrogens is 424 g/mol. The molecule has 0 unspecified atom stereocenters. The van der Waals surface area contributed by atoms with Crippen molar-refractivity contribution in [2.75, 3.05) is 22.9 Å². The lowest BCUT2D eigenvalue weighted by atomic mass is 10.2. The van der Waals surface area contributed by atoms with Gasteiger partial charge < -0.3 is 4.74 Å². The van der Waals surface area contributed by atoms with E-state index in [9.17, 15) is 13.2 Å². The predicted octanol–water partition coefficient (Wildman–Crippen LogP) is 3.40. The Morgan fingerprint density at radius 1 is 1.13 bits per heavy atom. The molecule has 0 saturated heterocycles. The predicted molar refractivity (Wildman–Crippen MR) is 118 cm³/mol. The van der Waals surface area contributed by atoms with Gasteiger partial charge in [0.05, 0.1) is 11.9 Å². The number of nitrogens with one attached hydrogen (secondary N) is 1. The van der Waals surface area contributed by atoms with Crippen LogP contribution in [0.4, 0.5) is 10.8 Å². The van der Waals surface area contributed by atoms with Gasteiger partial charge >= 0.3 is 0 Å². The van der Waals surface area contributed by atoms with E-state index in [-0.39, 0.29) is 5.91 Å². The van der Waals surface area contributed by atoms with Crippen molar-refractivity contribution in [3.8, 4) is 16.3 Å². The molecule has 1 amide bonds. The van der Waals surface area contributed by atoms with Gasteiger partial charge in [0, 0.05) is 12.6 Å². The Morgan fingerprint density at radius 3 is 2.40 bits per heavy atom. The van der Waals surface area contributed by atoms with E-state index in [1.807, 2.05) is 37.3 Å². The number of rotatable bonds is 8. The van der Waals surface area contributed by atoms with E-state index in [1.165, 1.54) is 22.7 Å². The number of carbonyl (C=O) groups is 1. The maximum absolute atomic E-state index is 12.6. The van der Waals surface area contributed by atoms with Crippen molar-refractivity contribution in [2.45, 2.75) is 19.4 Å². The molecule has 0 spiro atoms. The number of amides is 1. The molecule has 0 aliphatic rings. The van der Waals surface area contributed by atoms with Gasteiger partial charge in [-0.05, 0) is 30.7 Å². The highest BCUT2D eigenvalue weighted by Crippen LogP contribution is 2.26. The minimum atomic E-state index is -3.35. The van der Waals surface area contributed by atoms with Gasteiger partial charge in [-0.1, -0.05) is 48.6 Å². The number of hydrogen-bond acceptors (Lipinski definition) is 7. The molecule has 3 rings (SSSR count). The fourth-order valence-corrected chi connectivity index (χ4v) is 3.83. The van der Waals surface area contributed by atoms with Crippen LogP contribution in [0.25, 0.3) is 10.6 Å². The molecule has 10 heteroatoms. The Morgan fingerprint density at radius 2 is 1.80 bits per heavy atom. The molecule has 30 heavy (non-hydrogen) atoms. The summed E-state index contributed by atoms with van der Waals surface area (Å²) in [5.41, 5.74) is 1.43. The van der Waals surface area contributed by atoms with Crippen LogP contribution in [0.15, 0.2) is 54.6 Å². The average Bonchev–Trinajstić information content (AvgIpc) is 3.20. The quantitative estimate of drug-likeness (QED) is 0.569. The summed E-state index contributed by atoms with van der Waals surface area (Å²) in [6.07, 6.45) is 0.847. The Balaban J connectivity index is 1.65. The van der Waals surface area contributed by atoms with Gasteiger partial charge in [-0.3, -0.25) is 14.4 Å². The summed E-state index contributed by atoms with van der Waals surface area (Å²) in [5.74, 6) is 0.135. The van der Waals surface area contributed by atoms with Crippen LogP contribution in [0.3, 0.4) is 0 Å². The molecule has 0 radical (unpaired) electrons. The van der Waals surface area contributed by atoms with E-state index in [0.29, 0.717) is 28.0 Å². The van der Waals surface area contributed by atoms with Crippen molar-refractivity contribution in [1.82, 2.24) is 10.2 Å². The summed E-state index contributed by atoms with van der Waals surface area (Å²) < 4.78 is 30.2. The number of sulfonamides is 1. The molecule has 1 aromatic heterocycles. The molecule has 0 aliphatic heterocycles. The van der Waals surface area contributed by atoms with Crippen molar-refractivity contribution in [3.05, 3.63) is 54.6 Å². The highest BCUT2D eigenvalue weighted by molar-refractivity contribution is 7.92. The van der Waals surface area contributed by atoms with Gasteiger partial charge in [-0.25, -0.2) is 8.42 Å². The van der Waals surface area contributed by atoms with Crippen LogP contribution in [0.5, 0.6) is 5.75 Å². The molecule has 2 aromatic carbocycles. The normalized spacial score (nSPS) is 12.2. The van der Waals surface area contributed by atoms with Gasteiger partial charge in [0.15, 0.2) is 6.10 Å². The Hall–Kier alpha value is -2.98. The van der Waals surface area contributed by atoms with E-state index < -0.39 is 16.1 Å². The number of carbonyl (C=O) groups excluding carboxylic acids is 1. The zero-order valence-electron chi connectivity index (χ0n) is 16.8. The second-order valence-corrected chi connectivity index (χ2v) is 9.50. The number of aromatic nitrogens is 2. The first-order valence-electron chi connectivity index (χ1n) is 9.18. The molecule has 3 aromatic rings. The van der Waals surface area contributed by atoms with Gasteiger partial charge in [0.2, 0.25) is 15.2 Å². The number of benzene rings is 2. The zero-order valence-corrected chi connectivity index (χ0v) is 18.4. The monoisotopic (exact) mass is 446 g/mol. The Bertz CT molecular complexity index is 1100. The van der Waals surface area contributed by atoms with Crippen LogP contribution in [0.2, 0.25) is 0 Å². The molecule has 1 heterocycles. The summed E-state index contributed by atoms with van der Waals surface area (Å²) in [6.45, 7) is 1.84. The highest BCUT2D eigenvalue weighted by atomic mass is 32.2. The minimum absolute atomic E-state index is 0.328. The first-order valence-corrected chi connectivity index (χ1v) is 11.8. The van der Waals surface area contributed by atoms with E-state index in [2.05, 4.69) is 15.5 Å². The number of nitrogens with zero attached hydrogens (tertiary/aromatic N) is 3. The van der Waals surface area contributed by atoms with Crippen LogP contribution in [-0.2, 0) is 14.8 Å². The highest BCUT2D eigenvalue weighted by Gasteiger charge is 2.21. The van der Waals surface area contributed by atoms with Crippen molar-refractivity contribution in [1.29, 1.82) is 0 Å². The third-order valence-electron chi connectivity index (χ3n) is 4.32. The fraction of sp³-hybridized carbons (Fsp3) is 0.250. The second-order valence-electron chi connectivity index (χ2n) is 6.51. The van der Waals surface area contributed by atoms with Crippen molar-refractivity contribution >= 4 is 38.1 Å². The molecule has 0 saturated carbocycles. The standard InChI is InChI=1S/C20H22N4O4S2/c1-4-17(28-16-12-10-15(11-13-16)24(2)30(3,26)27)18(25)21-20-23-22-19(29-20)14-8-6-5-7-9-14/h5-13,17H,4H2,1-3H3,(H,21,23,25)/t17-/m1/s1. The van der Waals surface area contributed by atoms with Gasteiger partial charge in [-0.15, -0.1) is 10.2 Å². The molecule has 158 valence electrons. The number of hydrogen-bond donors (Lipinski definition) is 1. The molecule has 0 fully saturated rings. The summed E-state index contributed by atoms with van der Waals surface area (Å²) in [6, 6.07) is 16.1. The number of anilines is 2. The van der Waals surface area contributed by atoms with E-state index >= 15 is 0 Å². The molecule has 0 aliphatic carbocycles. The summed E-state index contributed by atoms with van der Waals surface area (Å²) in [5, 5.41) is 12.0. The minimum Gasteiger partial charge on any atom is -0.481 e. The van der Waals surface area contributed by atoms with E-state index in [4.69, 9.17) is 4.74 Å². The topological polar surface area (TPSA) is 101 Å². The molecule has 8 nitrogen and oxygen atoms in total. The van der Waals surface area contributed by atoms with Crippen molar-refractivity contribution in [2.24, 2.45) is 0 Å². The van der Waals surface area contributed by atoms with Crippen LogP contribution >= 0.6 is 11.3 Å². The second kappa shape index (κ2) is 9.23. The third-order valence-corrected chi connectivity index (χ3v) is 6.41. The van der Waals surface area contributed by atoms with Crippen LogP contribution < -0.4 is 14.4 Å². The maximum atomic E-state index is 12.6. The average molecular weight is 447 g/mol. The Labute approximate surface area is 179 Å². The van der Waals surface area contributed by atoms with Gasteiger partial charge in [0.25, 0.3) is 5.91 Å². The molecular formula is C20H22N4O4S2. The molecule has 1 atom stereocenters. The number of ether oxygens (including phenoxy) is 1. The Kier molecular flexibility index (Phi) is 6.68. The first kappa shape index (κ1) is 21.7. The van der Waals surface area contributed by atoms with Crippen LogP contribution in [0, 0.1) is 0 Å². The molecule has 0 bridgehead atoms. The smallest absolute Gasteiger partial charge is 0.267 e. The lowest BCUT2D eigenvalue weighted by Crippen LogP contribution is -2.32.